The van der Waals surface area contributed by atoms with Crippen LogP contribution in [-0.4, -0.2) is 36.4 Å². The van der Waals surface area contributed by atoms with E-state index in [0.29, 0.717) is 12.4 Å². The Kier molecular flexibility index (Phi) is 4.99. The van der Waals surface area contributed by atoms with Gasteiger partial charge >= 0.3 is 6.18 Å². The smallest absolute Gasteiger partial charge is 0.422 e. The summed E-state index contributed by atoms with van der Waals surface area (Å²) in [6.07, 6.45) is -2.47. The van der Waals surface area contributed by atoms with Crippen LogP contribution in [0, 0.1) is 0 Å². The molecule has 0 aliphatic heterocycles. The molecular weight excluding hydrogens is 251 g/mol. The highest BCUT2D eigenvalue weighted by Gasteiger charge is 2.29. The van der Waals surface area contributed by atoms with E-state index in [1.807, 2.05) is 6.92 Å². The van der Waals surface area contributed by atoms with E-state index < -0.39 is 12.8 Å². The predicted molar refractivity (Wildman–Crippen MR) is 58.9 cm³/mol. The van der Waals surface area contributed by atoms with Crippen LogP contribution >= 0.6 is 0 Å². The highest BCUT2D eigenvalue weighted by atomic mass is 19.4. The molecule has 1 rings (SSSR count). The van der Waals surface area contributed by atoms with Gasteiger partial charge in [-0.05, 0) is 6.42 Å². The van der Waals surface area contributed by atoms with Gasteiger partial charge in [0.15, 0.2) is 12.4 Å². The summed E-state index contributed by atoms with van der Waals surface area (Å²) in [4.78, 5) is 7.51. The number of halogens is 3. The second-order valence-electron chi connectivity index (χ2n) is 3.39. The summed E-state index contributed by atoms with van der Waals surface area (Å²) in [5.74, 6) is 0.144. The molecule has 18 heavy (non-hydrogen) atoms. The van der Waals surface area contributed by atoms with Crippen LogP contribution in [0.25, 0.3) is 0 Å². The maximum atomic E-state index is 12.1. The van der Waals surface area contributed by atoms with Crippen molar-refractivity contribution in [2.75, 3.05) is 25.6 Å². The second-order valence-corrected chi connectivity index (χ2v) is 3.39. The van der Waals surface area contributed by atoms with E-state index in [-0.39, 0.29) is 11.6 Å². The minimum atomic E-state index is -4.42. The molecule has 1 heterocycles. The zero-order chi connectivity index (χ0) is 13.6. The molecule has 0 radical (unpaired) electrons. The Balaban J connectivity index is 2.83. The van der Waals surface area contributed by atoms with Crippen molar-refractivity contribution < 1.29 is 22.6 Å². The highest BCUT2D eigenvalue weighted by Crippen LogP contribution is 2.31. The lowest BCUT2D eigenvalue weighted by Gasteiger charge is -2.14. The van der Waals surface area contributed by atoms with Gasteiger partial charge in [-0.15, -0.1) is 0 Å². The van der Waals surface area contributed by atoms with Crippen LogP contribution in [0.3, 0.4) is 0 Å². The first-order valence-electron chi connectivity index (χ1n) is 5.30. The molecule has 5 nitrogen and oxygen atoms in total. The standard InChI is InChI=1S/C10H14F3N3O2/c1-3-4-14-8-7(17-2)9(16-6-15-8)18-5-10(11,12)13/h6H,3-5H2,1-2H3,(H,14,15,16). The van der Waals surface area contributed by atoms with Gasteiger partial charge in [-0.3, -0.25) is 0 Å². The van der Waals surface area contributed by atoms with Crippen molar-refractivity contribution >= 4 is 5.82 Å². The molecular formula is C10H14F3N3O2. The van der Waals surface area contributed by atoms with Crippen LogP contribution in [0.1, 0.15) is 13.3 Å². The van der Waals surface area contributed by atoms with Gasteiger partial charge in [-0.1, -0.05) is 6.92 Å². The fraction of sp³-hybridized carbons (Fsp3) is 0.600. The number of alkyl halides is 3. The number of hydrogen-bond acceptors (Lipinski definition) is 5. The Morgan fingerprint density at radius 3 is 2.61 bits per heavy atom. The minimum absolute atomic E-state index is 0.0650. The lowest BCUT2D eigenvalue weighted by Crippen LogP contribution is -2.20. The van der Waals surface area contributed by atoms with E-state index in [4.69, 9.17) is 4.74 Å². The molecule has 0 aliphatic rings. The Bertz CT molecular complexity index is 385. The van der Waals surface area contributed by atoms with Gasteiger partial charge in [0.05, 0.1) is 7.11 Å². The van der Waals surface area contributed by atoms with E-state index in [0.717, 1.165) is 12.7 Å². The molecule has 0 atom stereocenters. The first-order chi connectivity index (χ1) is 8.48. The number of hydrogen-bond donors (Lipinski definition) is 1. The third kappa shape index (κ3) is 4.27. The topological polar surface area (TPSA) is 56.3 Å². The van der Waals surface area contributed by atoms with Crippen molar-refractivity contribution in [2.45, 2.75) is 19.5 Å². The quantitative estimate of drug-likeness (QED) is 0.855. The van der Waals surface area contributed by atoms with E-state index >= 15 is 0 Å². The summed E-state index contributed by atoms with van der Waals surface area (Å²) in [7, 11) is 1.32. The molecule has 102 valence electrons. The molecule has 0 fully saturated rings. The minimum Gasteiger partial charge on any atom is -0.489 e. The van der Waals surface area contributed by atoms with Gasteiger partial charge < -0.3 is 14.8 Å². The van der Waals surface area contributed by atoms with Crippen LogP contribution in [-0.2, 0) is 0 Å². The van der Waals surface area contributed by atoms with Crippen LogP contribution in [0.2, 0.25) is 0 Å². The number of aromatic nitrogens is 2. The van der Waals surface area contributed by atoms with Crippen molar-refractivity contribution in [2.24, 2.45) is 0 Å². The fourth-order valence-electron chi connectivity index (χ4n) is 1.16. The number of nitrogens with zero attached hydrogens (tertiary/aromatic N) is 2. The van der Waals surface area contributed by atoms with Crippen molar-refractivity contribution in [1.29, 1.82) is 0 Å². The normalized spacial score (nSPS) is 11.2. The highest BCUT2D eigenvalue weighted by molar-refractivity contribution is 5.54. The van der Waals surface area contributed by atoms with Crippen LogP contribution in [0.5, 0.6) is 11.6 Å². The molecule has 1 aromatic heterocycles. The third-order valence-electron chi connectivity index (χ3n) is 1.89. The summed E-state index contributed by atoms with van der Waals surface area (Å²) in [5, 5.41) is 2.91. The fourth-order valence-corrected chi connectivity index (χ4v) is 1.16. The number of nitrogens with one attached hydrogen (secondary N) is 1. The lowest BCUT2D eigenvalue weighted by molar-refractivity contribution is -0.154. The Labute approximate surface area is 102 Å². The number of methoxy groups -OCH3 is 1. The van der Waals surface area contributed by atoms with Gasteiger partial charge in [0.1, 0.15) is 6.33 Å². The van der Waals surface area contributed by atoms with Gasteiger partial charge in [-0.2, -0.15) is 18.2 Å². The molecule has 0 unspecified atom stereocenters. The van der Waals surface area contributed by atoms with E-state index in [1.54, 1.807) is 0 Å². The second kappa shape index (κ2) is 6.27. The SMILES string of the molecule is CCCNc1ncnc(OCC(F)(F)F)c1OC. The molecule has 0 saturated carbocycles. The van der Waals surface area contributed by atoms with Gasteiger partial charge in [0.25, 0.3) is 5.88 Å². The number of anilines is 1. The Morgan fingerprint density at radius 1 is 1.33 bits per heavy atom. The first kappa shape index (κ1) is 14.3. The van der Waals surface area contributed by atoms with E-state index in [9.17, 15) is 13.2 Å². The average molecular weight is 265 g/mol. The number of rotatable bonds is 6. The summed E-state index contributed by atoms with van der Waals surface area (Å²) < 4.78 is 45.7. The Morgan fingerprint density at radius 2 is 2.06 bits per heavy atom. The maximum Gasteiger partial charge on any atom is 0.422 e. The third-order valence-corrected chi connectivity index (χ3v) is 1.89. The van der Waals surface area contributed by atoms with Crippen molar-refractivity contribution in [3.8, 4) is 11.6 Å². The molecule has 1 N–H and O–H groups in total. The molecule has 0 aromatic carbocycles. The monoisotopic (exact) mass is 265 g/mol. The zero-order valence-corrected chi connectivity index (χ0v) is 10.0. The zero-order valence-electron chi connectivity index (χ0n) is 10.0. The summed E-state index contributed by atoms with van der Waals surface area (Å²) in [6.45, 7) is 1.14. The van der Waals surface area contributed by atoms with Crippen LogP contribution in [0.4, 0.5) is 19.0 Å². The molecule has 0 amide bonds. The van der Waals surface area contributed by atoms with E-state index in [1.165, 1.54) is 7.11 Å². The van der Waals surface area contributed by atoms with E-state index in [2.05, 4.69) is 20.0 Å². The molecule has 0 spiro atoms. The average Bonchev–Trinajstić information content (AvgIpc) is 2.32. The molecule has 0 saturated heterocycles. The summed E-state index contributed by atoms with van der Waals surface area (Å²) in [5.41, 5.74) is 0. The molecule has 0 bridgehead atoms. The largest absolute Gasteiger partial charge is 0.489 e. The molecule has 8 heteroatoms. The number of ether oxygens (including phenoxy) is 2. The molecule has 0 aliphatic carbocycles. The van der Waals surface area contributed by atoms with Gasteiger partial charge in [-0.25, -0.2) is 4.98 Å². The van der Waals surface area contributed by atoms with Crippen molar-refractivity contribution in [1.82, 2.24) is 9.97 Å². The van der Waals surface area contributed by atoms with Crippen molar-refractivity contribution in [3.05, 3.63) is 6.33 Å². The summed E-state index contributed by atoms with van der Waals surface area (Å²) in [6, 6.07) is 0. The van der Waals surface area contributed by atoms with Crippen LogP contribution in [0.15, 0.2) is 6.33 Å². The van der Waals surface area contributed by atoms with Gasteiger partial charge in [0.2, 0.25) is 5.75 Å². The summed E-state index contributed by atoms with van der Waals surface area (Å²) >= 11 is 0. The molecule has 1 aromatic rings. The van der Waals surface area contributed by atoms with Crippen LogP contribution < -0.4 is 14.8 Å². The first-order valence-corrected chi connectivity index (χ1v) is 5.30. The maximum absolute atomic E-state index is 12.1. The van der Waals surface area contributed by atoms with Crippen molar-refractivity contribution in [3.63, 3.8) is 0 Å². The Hall–Kier alpha value is -1.73. The lowest BCUT2D eigenvalue weighted by atomic mass is 10.4. The van der Waals surface area contributed by atoms with Gasteiger partial charge in [0, 0.05) is 6.54 Å². The predicted octanol–water partition coefficient (Wildman–Crippen LogP) is 2.25.